The Hall–Kier alpha value is -1.30. The molecule has 1 fully saturated rings. The summed E-state index contributed by atoms with van der Waals surface area (Å²) in [6, 6.07) is 4.57. The number of halogens is 2. The fourth-order valence-corrected chi connectivity index (χ4v) is 1.99. The number of aliphatic hydroxyl groups is 1. The van der Waals surface area contributed by atoms with Crippen molar-refractivity contribution in [2.75, 3.05) is 11.9 Å². The van der Waals surface area contributed by atoms with Gasteiger partial charge < -0.3 is 15.7 Å². The average Bonchev–Trinajstić information content (AvgIpc) is 2.64. The minimum absolute atomic E-state index is 0.0816. The van der Waals surface area contributed by atoms with Gasteiger partial charge in [-0.15, -0.1) is 0 Å². The monoisotopic (exact) mass is 288 g/mol. The smallest absolute Gasteiger partial charge is 0.239 e. The predicted octanol–water partition coefficient (Wildman–Crippen LogP) is 1.04. The van der Waals surface area contributed by atoms with E-state index in [4.69, 9.17) is 23.2 Å². The van der Waals surface area contributed by atoms with E-state index in [1.165, 1.54) is 12.1 Å². The maximum absolute atomic E-state index is 11.8. The Morgan fingerprint density at radius 3 is 2.67 bits per heavy atom. The molecule has 2 atom stereocenters. The van der Waals surface area contributed by atoms with Gasteiger partial charge in [-0.3, -0.25) is 9.59 Å². The second kappa shape index (κ2) is 5.14. The Bertz CT molecular complexity index is 507. The minimum atomic E-state index is -1.10. The molecule has 0 aliphatic carbocycles. The first-order chi connectivity index (χ1) is 8.49. The Labute approximate surface area is 113 Å². The molecule has 1 heterocycles. The molecule has 2 rings (SSSR count). The van der Waals surface area contributed by atoms with Gasteiger partial charge in [-0.05, 0) is 18.2 Å². The van der Waals surface area contributed by atoms with Gasteiger partial charge in [0.2, 0.25) is 11.8 Å². The number of hydrogen-bond acceptors (Lipinski definition) is 3. The molecule has 18 heavy (non-hydrogen) atoms. The van der Waals surface area contributed by atoms with Gasteiger partial charge in [-0.1, -0.05) is 23.2 Å². The maximum Gasteiger partial charge on any atom is 0.239 e. The lowest BCUT2D eigenvalue weighted by molar-refractivity contribution is -0.132. The Balaban J connectivity index is 2.11. The summed E-state index contributed by atoms with van der Waals surface area (Å²) in [5, 5.41) is 15.1. The first kappa shape index (κ1) is 13.1. The van der Waals surface area contributed by atoms with Crippen LogP contribution in [-0.4, -0.2) is 29.6 Å². The van der Waals surface area contributed by atoms with Crippen molar-refractivity contribution in [1.82, 2.24) is 5.32 Å². The summed E-state index contributed by atoms with van der Waals surface area (Å²) in [5.74, 6) is -2.16. The van der Waals surface area contributed by atoms with Crippen LogP contribution in [0.1, 0.15) is 0 Å². The third-order valence-corrected chi connectivity index (χ3v) is 3.36. The lowest BCUT2D eigenvalue weighted by Gasteiger charge is -2.12. The highest BCUT2D eigenvalue weighted by molar-refractivity contribution is 6.42. The molecule has 0 saturated carbocycles. The number of β-amino-alcohol motifs (C(OH)–C–C–N with tert-alkyl or cyclic N) is 1. The highest BCUT2D eigenvalue weighted by atomic mass is 35.5. The van der Waals surface area contributed by atoms with Gasteiger partial charge in [0, 0.05) is 12.2 Å². The van der Waals surface area contributed by atoms with Crippen LogP contribution in [0.5, 0.6) is 0 Å². The van der Waals surface area contributed by atoms with E-state index in [1.54, 1.807) is 6.07 Å². The summed E-state index contributed by atoms with van der Waals surface area (Å²) in [5.41, 5.74) is 0.418. The summed E-state index contributed by atoms with van der Waals surface area (Å²) < 4.78 is 0. The summed E-state index contributed by atoms with van der Waals surface area (Å²) in [7, 11) is 0. The topological polar surface area (TPSA) is 78.4 Å². The van der Waals surface area contributed by atoms with E-state index in [0.717, 1.165) is 0 Å². The zero-order valence-electron chi connectivity index (χ0n) is 9.11. The van der Waals surface area contributed by atoms with Crippen LogP contribution in [0.2, 0.25) is 10.0 Å². The molecular weight excluding hydrogens is 279 g/mol. The predicted molar refractivity (Wildman–Crippen MR) is 67.6 cm³/mol. The van der Waals surface area contributed by atoms with E-state index in [1.807, 2.05) is 0 Å². The standard InChI is InChI=1S/C11H10Cl2N2O3/c12-6-2-1-5(3-7(6)13)15-11(18)9-8(16)4-14-10(9)17/h1-3,8-9,16H,4H2,(H,14,17)(H,15,18). The first-order valence-corrected chi connectivity index (χ1v) is 5.96. The minimum Gasteiger partial charge on any atom is -0.390 e. The third-order valence-electron chi connectivity index (χ3n) is 2.62. The van der Waals surface area contributed by atoms with Gasteiger partial charge in [0.15, 0.2) is 0 Å². The molecule has 0 bridgehead atoms. The maximum atomic E-state index is 11.8. The van der Waals surface area contributed by atoms with Crippen LogP contribution in [0.4, 0.5) is 5.69 Å². The molecule has 0 aromatic heterocycles. The summed E-state index contributed by atoms with van der Waals surface area (Å²) in [6.45, 7) is 0.0816. The number of carbonyl (C=O) groups excluding carboxylic acids is 2. The van der Waals surface area contributed by atoms with Crippen molar-refractivity contribution in [2.45, 2.75) is 6.10 Å². The molecule has 1 saturated heterocycles. The van der Waals surface area contributed by atoms with Crippen LogP contribution in [0.15, 0.2) is 18.2 Å². The zero-order chi connectivity index (χ0) is 13.3. The van der Waals surface area contributed by atoms with Gasteiger partial charge in [0.1, 0.15) is 5.92 Å². The van der Waals surface area contributed by atoms with Crippen LogP contribution >= 0.6 is 23.2 Å². The largest absolute Gasteiger partial charge is 0.390 e. The molecule has 2 unspecified atom stereocenters. The molecule has 96 valence electrons. The molecule has 5 nitrogen and oxygen atoms in total. The molecule has 0 radical (unpaired) electrons. The molecular formula is C11H10Cl2N2O3. The molecule has 1 aliphatic rings. The fourth-order valence-electron chi connectivity index (χ4n) is 1.70. The van der Waals surface area contributed by atoms with E-state index in [-0.39, 0.29) is 6.54 Å². The van der Waals surface area contributed by atoms with E-state index in [9.17, 15) is 14.7 Å². The van der Waals surface area contributed by atoms with Crippen molar-refractivity contribution >= 4 is 40.7 Å². The van der Waals surface area contributed by atoms with E-state index < -0.39 is 23.8 Å². The van der Waals surface area contributed by atoms with Crippen LogP contribution in [0, 0.1) is 5.92 Å². The Kier molecular flexibility index (Phi) is 3.75. The molecule has 0 spiro atoms. The van der Waals surface area contributed by atoms with Crippen molar-refractivity contribution in [2.24, 2.45) is 5.92 Å². The summed E-state index contributed by atoms with van der Waals surface area (Å²) in [4.78, 5) is 23.2. The van der Waals surface area contributed by atoms with Crippen molar-refractivity contribution in [3.8, 4) is 0 Å². The number of amides is 2. The fraction of sp³-hybridized carbons (Fsp3) is 0.273. The molecule has 2 amide bonds. The van der Waals surface area contributed by atoms with Crippen LogP contribution < -0.4 is 10.6 Å². The highest BCUT2D eigenvalue weighted by Gasteiger charge is 2.39. The second-order valence-electron chi connectivity index (χ2n) is 3.91. The van der Waals surface area contributed by atoms with Gasteiger partial charge >= 0.3 is 0 Å². The lowest BCUT2D eigenvalue weighted by Crippen LogP contribution is -2.34. The third kappa shape index (κ3) is 2.58. The summed E-state index contributed by atoms with van der Waals surface area (Å²) >= 11 is 11.5. The van der Waals surface area contributed by atoms with E-state index >= 15 is 0 Å². The van der Waals surface area contributed by atoms with E-state index in [0.29, 0.717) is 15.7 Å². The van der Waals surface area contributed by atoms with E-state index in [2.05, 4.69) is 10.6 Å². The first-order valence-electron chi connectivity index (χ1n) is 5.20. The van der Waals surface area contributed by atoms with Crippen LogP contribution in [-0.2, 0) is 9.59 Å². The van der Waals surface area contributed by atoms with Gasteiger partial charge in [0.05, 0.1) is 16.1 Å². The highest BCUT2D eigenvalue weighted by Crippen LogP contribution is 2.25. The number of nitrogens with one attached hydrogen (secondary N) is 2. The number of carbonyl (C=O) groups is 2. The summed E-state index contributed by atoms with van der Waals surface area (Å²) in [6.07, 6.45) is -1.01. The van der Waals surface area contributed by atoms with Crippen molar-refractivity contribution in [3.63, 3.8) is 0 Å². The van der Waals surface area contributed by atoms with Gasteiger partial charge in [0.25, 0.3) is 0 Å². The van der Waals surface area contributed by atoms with Gasteiger partial charge in [-0.2, -0.15) is 0 Å². The Morgan fingerprint density at radius 1 is 1.39 bits per heavy atom. The lowest BCUT2D eigenvalue weighted by atomic mass is 10.0. The number of rotatable bonds is 2. The molecule has 3 N–H and O–H groups in total. The Morgan fingerprint density at radius 2 is 2.11 bits per heavy atom. The average molecular weight is 289 g/mol. The number of benzene rings is 1. The van der Waals surface area contributed by atoms with Crippen LogP contribution in [0.3, 0.4) is 0 Å². The zero-order valence-corrected chi connectivity index (χ0v) is 10.6. The SMILES string of the molecule is O=C1NCC(O)C1C(=O)Nc1ccc(Cl)c(Cl)c1. The van der Waals surface area contributed by atoms with Gasteiger partial charge in [-0.25, -0.2) is 0 Å². The number of hydrogen-bond donors (Lipinski definition) is 3. The molecule has 1 aliphatic heterocycles. The quantitative estimate of drug-likeness (QED) is 0.712. The molecule has 1 aromatic rings. The van der Waals surface area contributed by atoms with Crippen molar-refractivity contribution < 1.29 is 14.7 Å². The molecule has 1 aromatic carbocycles. The van der Waals surface area contributed by atoms with Crippen LogP contribution in [0.25, 0.3) is 0 Å². The van der Waals surface area contributed by atoms with Crippen molar-refractivity contribution in [3.05, 3.63) is 28.2 Å². The van der Waals surface area contributed by atoms with Crippen molar-refractivity contribution in [1.29, 1.82) is 0 Å². The number of anilines is 1. The number of aliphatic hydroxyl groups excluding tert-OH is 1. The normalized spacial score (nSPS) is 22.7. The molecule has 7 heteroatoms. The second-order valence-corrected chi connectivity index (χ2v) is 4.72.